The molecule has 0 amide bonds. The van der Waals surface area contributed by atoms with Crippen LogP contribution in [0.5, 0.6) is 0 Å². The first-order chi connectivity index (χ1) is 12.6. The molecule has 0 atom stereocenters. The van der Waals surface area contributed by atoms with E-state index >= 15 is 0 Å². The first-order valence-electron chi connectivity index (χ1n) is 9.49. The maximum atomic E-state index is 5.78. The van der Waals surface area contributed by atoms with Gasteiger partial charge in [-0.05, 0) is 13.8 Å². The van der Waals surface area contributed by atoms with Crippen LogP contribution in [0, 0.1) is 0 Å². The summed E-state index contributed by atoms with van der Waals surface area (Å²) in [6.45, 7) is 13.8. The number of rotatable bonds is 5. The van der Waals surface area contributed by atoms with Gasteiger partial charge in [0, 0.05) is 72.0 Å². The number of nitrogens with one attached hydrogen (secondary N) is 1. The summed E-state index contributed by atoms with van der Waals surface area (Å²) >= 11 is 0. The van der Waals surface area contributed by atoms with Crippen molar-refractivity contribution in [2.75, 3.05) is 66.0 Å². The molecular weight excluding hydrogens is 332 g/mol. The molecule has 0 unspecified atom stereocenters. The summed E-state index contributed by atoms with van der Waals surface area (Å²) in [5.41, 5.74) is 0.953. The lowest BCUT2D eigenvalue weighted by Crippen LogP contribution is -2.54. The Labute approximate surface area is 156 Å². The Bertz CT molecular complexity index is 566. The molecule has 1 aromatic heterocycles. The molecule has 8 heteroatoms. The molecule has 2 fully saturated rings. The van der Waals surface area contributed by atoms with Crippen LogP contribution in [0.1, 0.15) is 19.5 Å². The second kappa shape index (κ2) is 8.83. The fourth-order valence-electron chi connectivity index (χ4n) is 3.63. The Hall–Kier alpha value is -1.64. The average molecular weight is 364 g/mol. The van der Waals surface area contributed by atoms with Gasteiger partial charge in [-0.1, -0.05) is 5.16 Å². The van der Waals surface area contributed by atoms with Gasteiger partial charge >= 0.3 is 0 Å². The van der Waals surface area contributed by atoms with E-state index in [1.54, 1.807) is 6.26 Å². The fraction of sp³-hybridized carbons (Fsp3) is 0.778. The van der Waals surface area contributed by atoms with Gasteiger partial charge in [0.05, 0.1) is 17.9 Å². The number of piperazine rings is 1. The van der Waals surface area contributed by atoms with E-state index in [-0.39, 0.29) is 5.60 Å². The molecular formula is C18H32N6O2. The van der Waals surface area contributed by atoms with E-state index in [0.29, 0.717) is 0 Å². The Morgan fingerprint density at radius 2 is 2.04 bits per heavy atom. The molecule has 0 aromatic carbocycles. The number of ether oxygens (including phenoxy) is 1. The van der Waals surface area contributed by atoms with Crippen LogP contribution in [0.3, 0.4) is 0 Å². The Kier molecular flexibility index (Phi) is 6.50. The van der Waals surface area contributed by atoms with Gasteiger partial charge in [0.2, 0.25) is 0 Å². The lowest BCUT2D eigenvalue weighted by molar-refractivity contribution is -0.0852. The molecule has 2 aliphatic rings. The van der Waals surface area contributed by atoms with E-state index < -0.39 is 0 Å². The molecule has 3 heterocycles. The molecule has 146 valence electrons. The van der Waals surface area contributed by atoms with Crippen molar-refractivity contribution >= 4 is 5.96 Å². The first-order valence-corrected chi connectivity index (χ1v) is 9.49. The summed E-state index contributed by atoms with van der Waals surface area (Å²) in [5, 5.41) is 7.52. The highest BCUT2D eigenvalue weighted by molar-refractivity contribution is 5.80. The van der Waals surface area contributed by atoms with Crippen LogP contribution in [-0.2, 0) is 11.3 Å². The number of aliphatic imine (C=N–C) groups is 1. The second-order valence-corrected chi connectivity index (χ2v) is 7.61. The number of guanidine groups is 1. The average Bonchev–Trinajstić information content (AvgIpc) is 3.12. The Morgan fingerprint density at radius 1 is 1.23 bits per heavy atom. The summed E-state index contributed by atoms with van der Waals surface area (Å²) in [6.07, 6.45) is 1.63. The van der Waals surface area contributed by atoms with Crippen molar-refractivity contribution in [2.45, 2.75) is 26.0 Å². The van der Waals surface area contributed by atoms with Crippen LogP contribution in [0.15, 0.2) is 21.8 Å². The highest BCUT2D eigenvalue weighted by Crippen LogP contribution is 2.15. The van der Waals surface area contributed by atoms with E-state index in [9.17, 15) is 0 Å². The van der Waals surface area contributed by atoms with Crippen molar-refractivity contribution in [2.24, 2.45) is 4.99 Å². The molecule has 1 N–H and O–H groups in total. The predicted octanol–water partition coefficient (Wildman–Crippen LogP) is 0.478. The molecule has 0 radical (unpaired) electrons. The van der Waals surface area contributed by atoms with Gasteiger partial charge in [-0.2, -0.15) is 0 Å². The zero-order valence-electron chi connectivity index (χ0n) is 16.3. The topological polar surface area (TPSA) is 69.4 Å². The molecule has 0 bridgehead atoms. The smallest absolute Gasteiger partial charge is 0.193 e. The van der Waals surface area contributed by atoms with Crippen molar-refractivity contribution in [3.8, 4) is 0 Å². The summed E-state index contributed by atoms with van der Waals surface area (Å²) in [4.78, 5) is 11.7. The quantitative estimate of drug-likeness (QED) is 0.602. The van der Waals surface area contributed by atoms with Gasteiger partial charge < -0.3 is 19.5 Å². The van der Waals surface area contributed by atoms with E-state index in [2.05, 4.69) is 44.0 Å². The zero-order chi connectivity index (χ0) is 18.4. The van der Waals surface area contributed by atoms with Gasteiger partial charge in [-0.3, -0.25) is 14.8 Å². The standard InChI is InChI=1S/C18H32N6O2/c1-18(2)15-23(11-13-25-18)6-5-20-17(19-3)24-9-7-22(8-10-24)14-16-4-12-26-21-16/h4,12H,5-11,13-15H2,1-3H3,(H,19,20). The molecule has 3 rings (SSSR count). The molecule has 1 aromatic rings. The third kappa shape index (κ3) is 5.43. The molecule has 0 aliphatic carbocycles. The number of hydrogen-bond donors (Lipinski definition) is 1. The minimum Gasteiger partial charge on any atom is -0.373 e. The predicted molar refractivity (Wildman–Crippen MR) is 101 cm³/mol. The van der Waals surface area contributed by atoms with Gasteiger partial charge in [-0.15, -0.1) is 0 Å². The Balaban J connectivity index is 1.38. The largest absolute Gasteiger partial charge is 0.373 e. The summed E-state index contributed by atoms with van der Waals surface area (Å²) in [7, 11) is 1.86. The number of nitrogens with zero attached hydrogens (tertiary/aromatic N) is 5. The Morgan fingerprint density at radius 3 is 2.69 bits per heavy atom. The van der Waals surface area contributed by atoms with E-state index in [0.717, 1.165) is 77.2 Å². The third-order valence-electron chi connectivity index (χ3n) is 4.98. The molecule has 26 heavy (non-hydrogen) atoms. The SMILES string of the molecule is CN=C(NCCN1CCOC(C)(C)C1)N1CCN(Cc2ccon2)CC1. The van der Waals surface area contributed by atoms with Crippen molar-refractivity contribution < 1.29 is 9.26 Å². The number of hydrogen-bond acceptors (Lipinski definition) is 6. The van der Waals surface area contributed by atoms with Gasteiger partial charge in [0.25, 0.3) is 0 Å². The maximum absolute atomic E-state index is 5.78. The molecule has 2 aliphatic heterocycles. The van der Waals surface area contributed by atoms with Crippen LogP contribution >= 0.6 is 0 Å². The van der Waals surface area contributed by atoms with Gasteiger partial charge in [-0.25, -0.2) is 0 Å². The summed E-state index contributed by atoms with van der Waals surface area (Å²) in [5.74, 6) is 0.999. The number of aromatic nitrogens is 1. The highest BCUT2D eigenvalue weighted by Gasteiger charge is 2.27. The van der Waals surface area contributed by atoms with Gasteiger partial charge in [0.15, 0.2) is 5.96 Å². The van der Waals surface area contributed by atoms with Crippen LogP contribution in [0.4, 0.5) is 0 Å². The van der Waals surface area contributed by atoms with Crippen LogP contribution in [0.2, 0.25) is 0 Å². The molecule has 0 saturated carbocycles. The van der Waals surface area contributed by atoms with Gasteiger partial charge in [0.1, 0.15) is 6.26 Å². The minimum atomic E-state index is -0.0416. The van der Waals surface area contributed by atoms with E-state index in [1.807, 2.05) is 13.1 Å². The lowest BCUT2D eigenvalue weighted by Gasteiger charge is -2.39. The molecule has 0 spiro atoms. The highest BCUT2D eigenvalue weighted by atomic mass is 16.5. The van der Waals surface area contributed by atoms with Crippen LogP contribution < -0.4 is 5.32 Å². The van der Waals surface area contributed by atoms with Crippen molar-refractivity contribution in [1.29, 1.82) is 0 Å². The first kappa shape index (κ1) is 19.1. The molecule has 2 saturated heterocycles. The number of morpholine rings is 1. The normalized spacial score (nSPS) is 22.6. The zero-order valence-corrected chi connectivity index (χ0v) is 16.3. The third-order valence-corrected chi connectivity index (χ3v) is 4.98. The second-order valence-electron chi connectivity index (χ2n) is 7.61. The van der Waals surface area contributed by atoms with E-state index in [4.69, 9.17) is 9.26 Å². The maximum Gasteiger partial charge on any atom is 0.193 e. The fourth-order valence-corrected chi connectivity index (χ4v) is 3.63. The minimum absolute atomic E-state index is 0.0416. The van der Waals surface area contributed by atoms with Crippen LogP contribution in [0.25, 0.3) is 0 Å². The lowest BCUT2D eigenvalue weighted by atomic mass is 10.1. The summed E-state index contributed by atoms with van der Waals surface area (Å²) in [6, 6.07) is 1.93. The van der Waals surface area contributed by atoms with Crippen molar-refractivity contribution in [3.05, 3.63) is 18.0 Å². The molecule has 8 nitrogen and oxygen atoms in total. The van der Waals surface area contributed by atoms with Crippen LogP contribution in [-0.4, -0.2) is 97.4 Å². The van der Waals surface area contributed by atoms with Crippen molar-refractivity contribution in [3.63, 3.8) is 0 Å². The van der Waals surface area contributed by atoms with Crippen molar-refractivity contribution in [1.82, 2.24) is 25.2 Å². The van der Waals surface area contributed by atoms with E-state index in [1.165, 1.54) is 0 Å². The summed E-state index contributed by atoms with van der Waals surface area (Å²) < 4.78 is 10.7. The monoisotopic (exact) mass is 364 g/mol.